The van der Waals surface area contributed by atoms with Crippen LogP contribution in [0.25, 0.3) is 0 Å². The van der Waals surface area contributed by atoms with Crippen molar-refractivity contribution < 1.29 is 14.7 Å². The highest BCUT2D eigenvalue weighted by molar-refractivity contribution is 6.03. The monoisotopic (exact) mass is 408 g/mol. The third-order valence-electron chi connectivity index (χ3n) is 9.31. The molecule has 0 spiro atoms. The Morgan fingerprint density at radius 2 is 1.93 bits per heavy atom. The summed E-state index contributed by atoms with van der Waals surface area (Å²) in [6, 6.07) is 7.14. The average Bonchev–Trinajstić information content (AvgIpc) is 3.06. The van der Waals surface area contributed by atoms with Gasteiger partial charge < -0.3 is 15.7 Å². The minimum atomic E-state index is -0.128. The standard InChI is InChI=1S/C25H32N2O3/c1-24-12-10-19-17(18(24)7-8-20(24)23(26)30)6-9-21-25(19,2)13-11-22(29)27(21)15-4-3-5-16(28)14-15/h3-5,11,13-14,17-21,28H,6-10,12H2,1-2H3,(H2,26,30)/t17-,18-,19-,20+,21+,24-,25+/m0/s1. The van der Waals surface area contributed by atoms with E-state index in [4.69, 9.17) is 5.73 Å². The van der Waals surface area contributed by atoms with Gasteiger partial charge in [0, 0.05) is 35.2 Å². The van der Waals surface area contributed by atoms with Crippen LogP contribution in [-0.2, 0) is 9.59 Å². The number of primary amides is 1. The number of nitrogens with two attached hydrogens (primary N) is 1. The van der Waals surface area contributed by atoms with Crippen molar-refractivity contribution in [2.24, 2.45) is 40.2 Å². The van der Waals surface area contributed by atoms with Gasteiger partial charge in [-0.15, -0.1) is 0 Å². The van der Waals surface area contributed by atoms with Gasteiger partial charge in [0.2, 0.25) is 5.91 Å². The van der Waals surface area contributed by atoms with Gasteiger partial charge in [0.1, 0.15) is 5.75 Å². The van der Waals surface area contributed by atoms with Gasteiger partial charge >= 0.3 is 0 Å². The fraction of sp³-hybridized carbons (Fsp3) is 0.600. The zero-order valence-electron chi connectivity index (χ0n) is 17.9. The van der Waals surface area contributed by atoms with Crippen LogP contribution in [0.5, 0.6) is 5.75 Å². The minimum Gasteiger partial charge on any atom is -0.508 e. The summed E-state index contributed by atoms with van der Waals surface area (Å²) >= 11 is 0. The van der Waals surface area contributed by atoms with E-state index in [0.717, 1.165) is 44.2 Å². The second-order valence-corrected chi connectivity index (χ2v) is 10.5. The van der Waals surface area contributed by atoms with Gasteiger partial charge in [0.05, 0.1) is 0 Å². The highest BCUT2D eigenvalue weighted by Crippen LogP contribution is 2.65. The van der Waals surface area contributed by atoms with Gasteiger partial charge in [-0.1, -0.05) is 26.0 Å². The first kappa shape index (κ1) is 19.7. The molecule has 3 fully saturated rings. The molecule has 0 aromatic heterocycles. The van der Waals surface area contributed by atoms with Crippen molar-refractivity contribution in [1.82, 2.24) is 0 Å². The molecule has 3 N–H and O–H groups in total. The van der Waals surface area contributed by atoms with Crippen LogP contribution in [0.1, 0.15) is 52.4 Å². The number of phenolic OH excluding ortho intramolecular Hbond substituents is 1. The number of anilines is 1. The van der Waals surface area contributed by atoms with Gasteiger partial charge in [0.25, 0.3) is 5.91 Å². The topological polar surface area (TPSA) is 83.6 Å². The Balaban J connectivity index is 1.50. The summed E-state index contributed by atoms with van der Waals surface area (Å²) in [5.41, 5.74) is 6.48. The lowest BCUT2D eigenvalue weighted by Crippen LogP contribution is -2.61. The molecule has 1 aromatic carbocycles. The molecule has 5 nitrogen and oxygen atoms in total. The van der Waals surface area contributed by atoms with E-state index in [1.807, 2.05) is 11.0 Å². The van der Waals surface area contributed by atoms with E-state index in [1.165, 1.54) is 0 Å². The molecule has 1 aromatic rings. The third-order valence-corrected chi connectivity index (χ3v) is 9.31. The van der Waals surface area contributed by atoms with Gasteiger partial charge in [-0.2, -0.15) is 0 Å². The number of carbonyl (C=O) groups excluding carboxylic acids is 2. The first-order valence-corrected chi connectivity index (χ1v) is 11.4. The molecule has 1 aliphatic heterocycles. The molecule has 4 aliphatic rings. The van der Waals surface area contributed by atoms with E-state index in [-0.39, 0.29) is 40.4 Å². The Bertz CT molecular complexity index is 927. The average molecular weight is 409 g/mol. The van der Waals surface area contributed by atoms with Crippen LogP contribution >= 0.6 is 0 Å². The molecule has 5 rings (SSSR count). The van der Waals surface area contributed by atoms with Crippen LogP contribution < -0.4 is 10.6 Å². The van der Waals surface area contributed by atoms with Gasteiger partial charge in [-0.3, -0.25) is 9.59 Å². The molecular formula is C25H32N2O3. The molecule has 3 aliphatic carbocycles. The van der Waals surface area contributed by atoms with Crippen LogP contribution in [0.3, 0.4) is 0 Å². The molecular weight excluding hydrogens is 376 g/mol. The maximum absolute atomic E-state index is 12.9. The molecule has 7 atom stereocenters. The molecule has 160 valence electrons. The maximum atomic E-state index is 12.9. The van der Waals surface area contributed by atoms with Crippen molar-refractivity contribution in [1.29, 1.82) is 0 Å². The van der Waals surface area contributed by atoms with E-state index in [2.05, 4.69) is 19.9 Å². The molecule has 2 amide bonds. The van der Waals surface area contributed by atoms with Crippen LogP contribution in [0.15, 0.2) is 36.4 Å². The lowest BCUT2D eigenvalue weighted by molar-refractivity contribution is -0.130. The van der Waals surface area contributed by atoms with Gasteiger partial charge in [0.15, 0.2) is 0 Å². The number of rotatable bonds is 2. The first-order valence-electron chi connectivity index (χ1n) is 11.4. The fourth-order valence-corrected chi connectivity index (χ4v) is 7.91. The number of carbonyl (C=O) groups is 2. The number of amides is 2. The lowest BCUT2D eigenvalue weighted by Gasteiger charge is -2.60. The van der Waals surface area contributed by atoms with Crippen LogP contribution in [0.2, 0.25) is 0 Å². The van der Waals surface area contributed by atoms with Crippen molar-refractivity contribution in [2.75, 3.05) is 4.90 Å². The lowest BCUT2D eigenvalue weighted by atomic mass is 9.47. The second kappa shape index (κ2) is 6.60. The van der Waals surface area contributed by atoms with Gasteiger partial charge in [-0.25, -0.2) is 0 Å². The molecule has 0 bridgehead atoms. The Hall–Kier alpha value is -2.30. The maximum Gasteiger partial charge on any atom is 0.250 e. The second-order valence-electron chi connectivity index (χ2n) is 10.5. The third kappa shape index (κ3) is 2.60. The van der Waals surface area contributed by atoms with Gasteiger partial charge in [-0.05, 0) is 73.8 Å². The van der Waals surface area contributed by atoms with E-state index in [1.54, 1.807) is 24.3 Å². The summed E-state index contributed by atoms with van der Waals surface area (Å²) in [6.45, 7) is 4.61. The highest BCUT2D eigenvalue weighted by Gasteiger charge is 2.61. The molecule has 0 unspecified atom stereocenters. The molecule has 30 heavy (non-hydrogen) atoms. The van der Waals surface area contributed by atoms with Crippen LogP contribution in [0.4, 0.5) is 5.69 Å². The van der Waals surface area contributed by atoms with Crippen molar-refractivity contribution in [3.8, 4) is 5.75 Å². The summed E-state index contributed by atoms with van der Waals surface area (Å²) in [4.78, 5) is 27.0. The predicted octanol–water partition coefficient (Wildman–Crippen LogP) is 4.01. The summed E-state index contributed by atoms with van der Waals surface area (Å²) < 4.78 is 0. The number of fused-ring (bicyclic) bond motifs is 5. The van der Waals surface area contributed by atoms with Crippen molar-refractivity contribution in [3.63, 3.8) is 0 Å². The fourth-order valence-electron chi connectivity index (χ4n) is 7.91. The Morgan fingerprint density at radius 3 is 2.67 bits per heavy atom. The highest BCUT2D eigenvalue weighted by atomic mass is 16.3. The summed E-state index contributed by atoms with van der Waals surface area (Å²) in [5.74, 6) is 1.65. The summed E-state index contributed by atoms with van der Waals surface area (Å²) in [5, 5.41) is 9.98. The number of nitrogens with zero attached hydrogens (tertiary/aromatic N) is 1. The smallest absolute Gasteiger partial charge is 0.250 e. The predicted molar refractivity (Wildman–Crippen MR) is 116 cm³/mol. The van der Waals surface area contributed by atoms with Crippen molar-refractivity contribution >= 4 is 17.5 Å². The van der Waals surface area contributed by atoms with E-state index in [0.29, 0.717) is 17.8 Å². The number of aromatic hydroxyl groups is 1. The molecule has 1 heterocycles. The van der Waals surface area contributed by atoms with Crippen molar-refractivity contribution in [3.05, 3.63) is 36.4 Å². The quantitative estimate of drug-likeness (QED) is 0.776. The van der Waals surface area contributed by atoms with E-state index in [9.17, 15) is 14.7 Å². The Morgan fingerprint density at radius 1 is 1.13 bits per heavy atom. The van der Waals surface area contributed by atoms with Crippen molar-refractivity contribution in [2.45, 2.75) is 58.4 Å². The normalized spacial score (nSPS) is 42.4. The molecule has 3 saturated carbocycles. The zero-order valence-corrected chi connectivity index (χ0v) is 17.9. The number of benzene rings is 1. The molecule has 5 heteroatoms. The number of hydrogen-bond donors (Lipinski definition) is 2. The first-order chi connectivity index (χ1) is 14.3. The van der Waals surface area contributed by atoms with Crippen LogP contribution in [0, 0.1) is 34.5 Å². The number of phenols is 1. The zero-order chi connectivity index (χ0) is 21.3. The SMILES string of the molecule is C[C@]12C=CC(=O)N(c3cccc(O)c3)[C@@H]1CC[C@@H]1[C@@H]2CC[C@]2(C)[C@@H](C(N)=O)CC[C@@H]12. The molecule has 0 saturated heterocycles. The number of hydrogen-bond acceptors (Lipinski definition) is 3. The Kier molecular flexibility index (Phi) is 4.32. The Labute approximate surface area is 178 Å². The van der Waals surface area contributed by atoms with E-state index >= 15 is 0 Å². The summed E-state index contributed by atoms with van der Waals surface area (Å²) in [6.07, 6.45) is 10.0. The van der Waals surface area contributed by atoms with Crippen LogP contribution in [-0.4, -0.2) is 23.0 Å². The van der Waals surface area contributed by atoms with E-state index < -0.39 is 0 Å². The molecule has 0 radical (unpaired) electrons. The minimum absolute atomic E-state index is 0.00116. The largest absolute Gasteiger partial charge is 0.508 e. The summed E-state index contributed by atoms with van der Waals surface area (Å²) in [7, 11) is 0.